The number of amides is 1. The van der Waals surface area contributed by atoms with E-state index in [-0.39, 0.29) is 11.3 Å². The van der Waals surface area contributed by atoms with Crippen molar-refractivity contribution in [2.45, 2.75) is 13.0 Å². The SMILES string of the molecule is CN1CCc2c(c(C(N)=O)nn2-c2cccc(C(=O)O)c2)C1. The van der Waals surface area contributed by atoms with Crippen molar-refractivity contribution in [2.75, 3.05) is 13.6 Å². The normalized spacial score (nSPS) is 14.6. The highest BCUT2D eigenvalue weighted by Crippen LogP contribution is 2.25. The van der Waals surface area contributed by atoms with Crippen LogP contribution in [0.5, 0.6) is 0 Å². The number of hydrogen-bond donors (Lipinski definition) is 2. The Labute approximate surface area is 126 Å². The molecule has 2 aromatic rings. The standard InChI is InChI=1S/C15H16N4O3/c1-18-6-5-12-11(8-18)13(14(16)20)17-19(12)10-4-2-3-9(7-10)15(21)22/h2-4,7H,5-6,8H2,1H3,(H2,16,20)(H,21,22). The van der Waals surface area contributed by atoms with Crippen LogP contribution in [0.3, 0.4) is 0 Å². The number of rotatable bonds is 3. The lowest BCUT2D eigenvalue weighted by molar-refractivity contribution is 0.0696. The van der Waals surface area contributed by atoms with Gasteiger partial charge in [0.25, 0.3) is 5.91 Å². The molecule has 0 saturated carbocycles. The van der Waals surface area contributed by atoms with E-state index in [9.17, 15) is 9.59 Å². The average molecular weight is 300 g/mol. The van der Waals surface area contributed by atoms with E-state index < -0.39 is 11.9 Å². The molecule has 7 nitrogen and oxygen atoms in total. The molecule has 1 aliphatic rings. The molecule has 22 heavy (non-hydrogen) atoms. The van der Waals surface area contributed by atoms with Crippen LogP contribution in [0.15, 0.2) is 24.3 Å². The first-order chi connectivity index (χ1) is 10.5. The van der Waals surface area contributed by atoms with E-state index in [1.165, 1.54) is 6.07 Å². The third kappa shape index (κ3) is 2.35. The molecule has 0 bridgehead atoms. The van der Waals surface area contributed by atoms with Crippen molar-refractivity contribution < 1.29 is 14.7 Å². The van der Waals surface area contributed by atoms with Crippen LogP contribution in [0.2, 0.25) is 0 Å². The summed E-state index contributed by atoms with van der Waals surface area (Å²) in [5.74, 6) is -1.57. The number of carbonyl (C=O) groups excluding carboxylic acids is 1. The van der Waals surface area contributed by atoms with Gasteiger partial charge in [-0.15, -0.1) is 0 Å². The highest BCUT2D eigenvalue weighted by molar-refractivity contribution is 5.93. The molecule has 114 valence electrons. The van der Waals surface area contributed by atoms with Gasteiger partial charge in [-0.25, -0.2) is 9.48 Å². The summed E-state index contributed by atoms with van der Waals surface area (Å²) in [6, 6.07) is 6.48. The van der Waals surface area contributed by atoms with Crippen molar-refractivity contribution in [3.8, 4) is 5.69 Å². The maximum absolute atomic E-state index is 11.6. The molecule has 1 aromatic carbocycles. The maximum atomic E-state index is 11.6. The minimum atomic E-state index is -1.00. The number of carbonyl (C=O) groups is 2. The van der Waals surface area contributed by atoms with Gasteiger partial charge in [0.15, 0.2) is 5.69 Å². The number of carboxylic acids is 1. The molecule has 0 saturated heterocycles. The number of aromatic carboxylic acids is 1. The second-order valence-corrected chi connectivity index (χ2v) is 5.39. The van der Waals surface area contributed by atoms with Crippen LogP contribution in [0, 0.1) is 0 Å². The monoisotopic (exact) mass is 300 g/mol. The Bertz CT molecular complexity index is 766. The van der Waals surface area contributed by atoms with Gasteiger partial charge in [0.2, 0.25) is 0 Å². The number of carboxylic acid groups (broad SMARTS) is 1. The topological polar surface area (TPSA) is 101 Å². The van der Waals surface area contributed by atoms with Crippen LogP contribution in [0.25, 0.3) is 5.69 Å². The predicted molar refractivity (Wildman–Crippen MR) is 79.1 cm³/mol. The third-order valence-electron chi connectivity index (χ3n) is 3.82. The minimum Gasteiger partial charge on any atom is -0.478 e. The number of hydrogen-bond acceptors (Lipinski definition) is 4. The van der Waals surface area contributed by atoms with Crippen molar-refractivity contribution in [1.82, 2.24) is 14.7 Å². The first-order valence-electron chi connectivity index (χ1n) is 6.90. The lowest BCUT2D eigenvalue weighted by Crippen LogP contribution is -2.28. The van der Waals surface area contributed by atoms with Crippen LogP contribution >= 0.6 is 0 Å². The van der Waals surface area contributed by atoms with Gasteiger partial charge in [-0.3, -0.25) is 4.79 Å². The lowest BCUT2D eigenvalue weighted by Gasteiger charge is -2.23. The summed E-state index contributed by atoms with van der Waals surface area (Å²) in [5.41, 5.74) is 8.21. The highest BCUT2D eigenvalue weighted by atomic mass is 16.4. The highest BCUT2D eigenvalue weighted by Gasteiger charge is 2.26. The number of fused-ring (bicyclic) bond motifs is 1. The summed E-state index contributed by atoms with van der Waals surface area (Å²) < 4.78 is 1.63. The molecule has 0 aliphatic carbocycles. The Hall–Kier alpha value is -2.67. The fourth-order valence-corrected chi connectivity index (χ4v) is 2.74. The van der Waals surface area contributed by atoms with E-state index in [0.717, 1.165) is 24.2 Å². The Balaban J connectivity index is 2.16. The molecular weight excluding hydrogens is 284 g/mol. The van der Waals surface area contributed by atoms with E-state index in [4.69, 9.17) is 10.8 Å². The summed E-state index contributed by atoms with van der Waals surface area (Å²) in [5, 5.41) is 13.4. The lowest BCUT2D eigenvalue weighted by atomic mass is 10.1. The molecule has 7 heteroatoms. The fourth-order valence-electron chi connectivity index (χ4n) is 2.74. The van der Waals surface area contributed by atoms with Gasteiger partial charge in [0.1, 0.15) is 0 Å². The van der Waals surface area contributed by atoms with Crippen LogP contribution in [-0.2, 0) is 13.0 Å². The molecule has 0 radical (unpaired) electrons. The number of nitrogens with two attached hydrogens (primary N) is 1. The summed E-state index contributed by atoms with van der Waals surface area (Å²) >= 11 is 0. The molecular formula is C15H16N4O3. The van der Waals surface area contributed by atoms with Gasteiger partial charge in [-0.2, -0.15) is 5.10 Å². The number of nitrogens with zero attached hydrogens (tertiary/aromatic N) is 3. The zero-order valence-electron chi connectivity index (χ0n) is 12.1. The Morgan fingerprint density at radius 3 is 2.82 bits per heavy atom. The summed E-state index contributed by atoms with van der Waals surface area (Å²) in [6.45, 7) is 1.45. The first-order valence-corrected chi connectivity index (χ1v) is 6.90. The molecule has 0 unspecified atom stereocenters. The van der Waals surface area contributed by atoms with Gasteiger partial charge in [-0.05, 0) is 25.2 Å². The first kappa shape index (κ1) is 14.3. The summed E-state index contributed by atoms with van der Waals surface area (Å²) in [4.78, 5) is 24.8. The molecule has 0 atom stereocenters. The van der Waals surface area contributed by atoms with E-state index in [0.29, 0.717) is 12.2 Å². The zero-order chi connectivity index (χ0) is 15.9. The van der Waals surface area contributed by atoms with E-state index in [1.54, 1.807) is 22.9 Å². The van der Waals surface area contributed by atoms with Crippen LogP contribution in [0.4, 0.5) is 0 Å². The molecule has 2 heterocycles. The molecule has 0 spiro atoms. The molecule has 3 N–H and O–H groups in total. The molecule has 1 aliphatic heterocycles. The number of likely N-dealkylation sites (N-methyl/N-ethyl adjacent to an activating group) is 1. The number of benzene rings is 1. The van der Waals surface area contributed by atoms with Crippen molar-refractivity contribution in [3.63, 3.8) is 0 Å². The number of primary amides is 1. The van der Waals surface area contributed by atoms with Crippen molar-refractivity contribution >= 4 is 11.9 Å². The smallest absolute Gasteiger partial charge is 0.335 e. The maximum Gasteiger partial charge on any atom is 0.335 e. The quantitative estimate of drug-likeness (QED) is 0.867. The fraction of sp³-hybridized carbons (Fsp3) is 0.267. The largest absolute Gasteiger partial charge is 0.478 e. The van der Waals surface area contributed by atoms with E-state index in [2.05, 4.69) is 10.00 Å². The average Bonchev–Trinajstić information content (AvgIpc) is 2.86. The summed E-state index contributed by atoms with van der Waals surface area (Å²) in [6.07, 6.45) is 0.726. The van der Waals surface area contributed by atoms with Gasteiger partial charge in [0.05, 0.1) is 16.9 Å². The molecule has 0 fully saturated rings. The third-order valence-corrected chi connectivity index (χ3v) is 3.82. The summed E-state index contributed by atoms with van der Waals surface area (Å²) in [7, 11) is 1.97. The second-order valence-electron chi connectivity index (χ2n) is 5.39. The van der Waals surface area contributed by atoms with Crippen molar-refractivity contribution in [3.05, 3.63) is 46.8 Å². The Morgan fingerprint density at radius 2 is 2.14 bits per heavy atom. The van der Waals surface area contributed by atoms with Gasteiger partial charge < -0.3 is 15.7 Å². The molecule has 1 aromatic heterocycles. The van der Waals surface area contributed by atoms with Crippen molar-refractivity contribution in [1.29, 1.82) is 0 Å². The van der Waals surface area contributed by atoms with Crippen LogP contribution < -0.4 is 5.73 Å². The zero-order valence-corrected chi connectivity index (χ0v) is 12.1. The Morgan fingerprint density at radius 1 is 1.36 bits per heavy atom. The molecule has 3 rings (SSSR count). The minimum absolute atomic E-state index is 0.176. The predicted octanol–water partition coefficient (Wildman–Crippen LogP) is 0.657. The second kappa shape index (κ2) is 5.27. The van der Waals surface area contributed by atoms with Crippen molar-refractivity contribution in [2.24, 2.45) is 5.73 Å². The van der Waals surface area contributed by atoms with Gasteiger partial charge in [-0.1, -0.05) is 6.07 Å². The molecule has 1 amide bonds. The Kier molecular flexibility index (Phi) is 3.42. The van der Waals surface area contributed by atoms with Gasteiger partial charge in [0, 0.05) is 25.1 Å². The van der Waals surface area contributed by atoms with Gasteiger partial charge >= 0.3 is 5.97 Å². The van der Waals surface area contributed by atoms with E-state index in [1.807, 2.05) is 7.05 Å². The van der Waals surface area contributed by atoms with Crippen LogP contribution in [0.1, 0.15) is 32.1 Å². The number of aromatic nitrogens is 2. The van der Waals surface area contributed by atoms with Crippen LogP contribution in [-0.4, -0.2) is 45.3 Å². The van der Waals surface area contributed by atoms with E-state index >= 15 is 0 Å².